The molecular formula is C12H13BrF3NOS. The molecule has 19 heavy (non-hydrogen) atoms. The number of carbonyl (C=O) groups excluding carboxylic acids is 1. The summed E-state index contributed by atoms with van der Waals surface area (Å²) < 4.78 is 35.8. The lowest BCUT2D eigenvalue weighted by molar-refractivity contribution is -0.117. The Hall–Kier alpha value is -0.690. The standard InChI is InChI=1S/C12H13BrF3NOS/c1-11(2,13)10(18)17-8-5-3-4-6-9(8)19-7-12(14,15)16/h3-6H,7H2,1-2H3,(H,17,18). The Morgan fingerprint density at radius 1 is 1.32 bits per heavy atom. The van der Waals surface area contributed by atoms with Crippen LogP contribution in [0.4, 0.5) is 18.9 Å². The van der Waals surface area contributed by atoms with Crippen molar-refractivity contribution in [2.24, 2.45) is 0 Å². The Morgan fingerprint density at radius 2 is 1.89 bits per heavy atom. The molecule has 0 heterocycles. The zero-order valence-corrected chi connectivity index (χ0v) is 12.7. The molecule has 0 fully saturated rings. The number of anilines is 1. The zero-order chi connectivity index (χ0) is 14.7. The minimum Gasteiger partial charge on any atom is -0.324 e. The fourth-order valence-electron chi connectivity index (χ4n) is 1.13. The molecule has 1 aromatic carbocycles. The monoisotopic (exact) mass is 355 g/mol. The smallest absolute Gasteiger partial charge is 0.324 e. The third-order valence-corrected chi connectivity index (χ3v) is 3.57. The molecule has 7 heteroatoms. The van der Waals surface area contributed by atoms with E-state index in [2.05, 4.69) is 21.2 Å². The fraction of sp³-hybridized carbons (Fsp3) is 0.417. The number of nitrogens with one attached hydrogen (secondary N) is 1. The second-order valence-electron chi connectivity index (χ2n) is 4.33. The average molecular weight is 356 g/mol. The van der Waals surface area contributed by atoms with Gasteiger partial charge in [0.1, 0.15) is 0 Å². The first-order valence-electron chi connectivity index (χ1n) is 5.38. The SMILES string of the molecule is CC(C)(Br)C(=O)Nc1ccccc1SCC(F)(F)F. The summed E-state index contributed by atoms with van der Waals surface area (Å²) >= 11 is 3.85. The topological polar surface area (TPSA) is 29.1 Å². The lowest BCUT2D eigenvalue weighted by Gasteiger charge is -2.18. The van der Waals surface area contributed by atoms with Gasteiger partial charge in [-0.2, -0.15) is 13.2 Å². The van der Waals surface area contributed by atoms with Crippen LogP contribution in [0.25, 0.3) is 0 Å². The quantitative estimate of drug-likeness (QED) is 0.638. The molecule has 0 radical (unpaired) electrons. The van der Waals surface area contributed by atoms with Gasteiger partial charge in [0.15, 0.2) is 0 Å². The normalized spacial score (nSPS) is 12.3. The van der Waals surface area contributed by atoms with Gasteiger partial charge in [0.2, 0.25) is 5.91 Å². The summed E-state index contributed by atoms with van der Waals surface area (Å²) in [5, 5.41) is 2.61. The average Bonchev–Trinajstić information content (AvgIpc) is 2.25. The van der Waals surface area contributed by atoms with Crippen molar-refractivity contribution in [3.8, 4) is 0 Å². The van der Waals surface area contributed by atoms with Gasteiger partial charge in [-0.05, 0) is 26.0 Å². The van der Waals surface area contributed by atoms with Crippen LogP contribution in [-0.4, -0.2) is 22.2 Å². The maximum Gasteiger partial charge on any atom is 0.398 e. The highest BCUT2D eigenvalue weighted by Crippen LogP contribution is 2.32. The van der Waals surface area contributed by atoms with Crippen LogP contribution in [0.5, 0.6) is 0 Å². The lowest BCUT2D eigenvalue weighted by atomic mass is 10.2. The zero-order valence-electron chi connectivity index (χ0n) is 10.3. The van der Waals surface area contributed by atoms with E-state index in [1.807, 2.05) is 0 Å². The first kappa shape index (κ1) is 16.4. The van der Waals surface area contributed by atoms with Crippen molar-refractivity contribution in [1.82, 2.24) is 0 Å². The number of benzene rings is 1. The van der Waals surface area contributed by atoms with Crippen LogP contribution in [0.2, 0.25) is 0 Å². The molecule has 0 aliphatic heterocycles. The fourth-order valence-corrected chi connectivity index (χ4v) is 1.99. The van der Waals surface area contributed by atoms with E-state index in [1.165, 1.54) is 0 Å². The summed E-state index contributed by atoms with van der Waals surface area (Å²) in [5.74, 6) is -1.30. The van der Waals surface area contributed by atoms with Crippen LogP contribution in [0.15, 0.2) is 29.2 Å². The molecule has 2 nitrogen and oxygen atoms in total. The summed E-state index contributed by atoms with van der Waals surface area (Å²) in [7, 11) is 0. The van der Waals surface area contributed by atoms with E-state index in [1.54, 1.807) is 38.1 Å². The molecule has 0 unspecified atom stereocenters. The third-order valence-electron chi connectivity index (χ3n) is 2.07. The first-order valence-corrected chi connectivity index (χ1v) is 7.16. The molecule has 1 amide bonds. The summed E-state index contributed by atoms with van der Waals surface area (Å²) in [6.07, 6.45) is -4.24. The van der Waals surface area contributed by atoms with Crippen molar-refractivity contribution < 1.29 is 18.0 Å². The summed E-state index contributed by atoms with van der Waals surface area (Å²) in [6.45, 7) is 3.32. The molecule has 0 saturated carbocycles. The van der Waals surface area contributed by atoms with Crippen molar-refractivity contribution in [3.05, 3.63) is 24.3 Å². The van der Waals surface area contributed by atoms with Crippen molar-refractivity contribution in [2.45, 2.75) is 29.2 Å². The molecule has 0 aromatic heterocycles. The number of halogens is 4. The minimum absolute atomic E-state index is 0.312. The van der Waals surface area contributed by atoms with Gasteiger partial charge < -0.3 is 5.32 Å². The highest BCUT2D eigenvalue weighted by atomic mass is 79.9. The number of para-hydroxylation sites is 1. The van der Waals surface area contributed by atoms with Gasteiger partial charge in [-0.25, -0.2) is 0 Å². The number of alkyl halides is 4. The number of amides is 1. The van der Waals surface area contributed by atoms with E-state index < -0.39 is 16.3 Å². The molecule has 0 saturated heterocycles. The molecule has 1 N–H and O–H groups in total. The molecule has 1 aromatic rings. The Labute approximate surface area is 122 Å². The number of hydrogen-bond acceptors (Lipinski definition) is 2. The Bertz CT molecular complexity index is 457. The second-order valence-corrected chi connectivity index (χ2v) is 7.33. The molecule has 0 bridgehead atoms. The molecule has 106 valence electrons. The van der Waals surface area contributed by atoms with Crippen molar-refractivity contribution >= 4 is 39.3 Å². The van der Waals surface area contributed by atoms with Gasteiger partial charge in [-0.3, -0.25) is 4.79 Å². The van der Waals surface area contributed by atoms with Gasteiger partial charge in [-0.15, -0.1) is 11.8 Å². The number of carbonyl (C=O) groups is 1. The molecule has 0 aliphatic rings. The highest BCUT2D eigenvalue weighted by molar-refractivity contribution is 9.10. The predicted octanol–water partition coefficient (Wildman–Crippen LogP) is 4.45. The van der Waals surface area contributed by atoms with E-state index in [0.717, 1.165) is 0 Å². The van der Waals surface area contributed by atoms with E-state index in [0.29, 0.717) is 22.3 Å². The molecule has 0 aliphatic carbocycles. The van der Waals surface area contributed by atoms with E-state index >= 15 is 0 Å². The highest BCUT2D eigenvalue weighted by Gasteiger charge is 2.28. The number of hydrogen-bond donors (Lipinski definition) is 1. The van der Waals surface area contributed by atoms with Crippen LogP contribution >= 0.6 is 27.7 Å². The second kappa shape index (κ2) is 6.17. The summed E-state index contributed by atoms with van der Waals surface area (Å²) in [6, 6.07) is 6.42. The minimum atomic E-state index is -4.24. The number of thioether (sulfide) groups is 1. The Morgan fingerprint density at radius 3 is 2.42 bits per heavy atom. The lowest BCUT2D eigenvalue weighted by Crippen LogP contribution is -2.31. The van der Waals surface area contributed by atoms with Crippen molar-refractivity contribution in [3.63, 3.8) is 0 Å². The predicted molar refractivity (Wildman–Crippen MR) is 74.9 cm³/mol. The largest absolute Gasteiger partial charge is 0.398 e. The molecule has 0 spiro atoms. The van der Waals surface area contributed by atoms with Gasteiger partial charge in [0.25, 0.3) is 0 Å². The maximum absolute atomic E-state index is 12.2. The van der Waals surface area contributed by atoms with Crippen LogP contribution < -0.4 is 5.32 Å². The van der Waals surface area contributed by atoms with E-state index in [9.17, 15) is 18.0 Å². The van der Waals surface area contributed by atoms with Crippen LogP contribution in [-0.2, 0) is 4.79 Å². The maximum atomic E-state index is 12.2. The summed E-state index contributed by atoms with van der Waals surface area (Å²) in [5.41, 5.74) is 0.384. The van der Waals surface area contributed by atoms with Crippen molar-refractivity contribution in [2.75, 3.05) is 11.1 Å². The van der Waals surface area contributed by atoms with Gasteiger partial charge in [0, 0.05) is 4.90 Å². The van der Waals surface area contributed by atoms with Gasteiger partial charge in [0.05, 0.1) is 15.8 Å². The molecule has 1 rings (SSSR count). The molecule has 0 atom stereocenters. The van der Waals surface area contributed by atoms with E-state index in [-0.39, 0.29) is 5.91 Å². The van der Waals surface area contributed by atoms with Crippen LogP contribution in [0.1, 0.15) is 13.8 Å². The van der Waals surface area contributed by atoms with E-state index in [4.69, 9.17) is 0 Å². The van der Waals surface area contributed by atoms with Gasteiger partial charge >= 0.3 is 6.18 Å². The first-order chi connectivity index (χ1) is 8.59. The Kier molecular flexibility index (Phi) is 5.32. The third kappa shape index (κ3) is 5.86. The summed E-state index contributed by atoms with van der Waals surface area (Å²) in [4.78, 5) is 12.2. The van der Waals surface area contributed by atoms with Gasteiger partial charge in [-0.1, -0.05) is 28.1 Å². The molecular weight excluding hydrogens is 343 g/mol. The van der Waals surface area contributed by atoms with Crippen LogP contribution in [0.3, 0.4) is 0 Å². The number of rotatable bonds is 4. The van der Waals surface area contributed by atoms with Crippen molar-refractivity contribution in [1.29, 1.82) is 0 Å². The van der Waals surface area contributed by atoms with Crippen LogP contribution in [0, 0.1) is 0 Å². The Balaban J connectivity index is 2.82.